The van der Waals surface area contributed by atoms with Crippen LogP contribution in [0.1, 0.15) is 355 Å². The van der Waals surface area contributed by atoms with Crippen LogP contribution >= 0.6 is 0 Å². The maximum absolute atomic E-state index is 12.9. The predicted molar refractivity (Wildman–Crippen MR) is 335 cm³/mol. The van der Waals surface area contributed by atoms with E-state index >= 15 is 0 Å². The first kappa shape index (κ1) is 74.1. The van der Waals surface area contributed by atoms with Crippen molar-refractivity contribution in [1.29, 1.82) is 0 Å². The molecule has 1 atom stereocenters. The van der Waals surface area contributed by atoms with Gasteiger partial charge in [-0.25, -0.2) is 0 Å². The quantitative estimate of drug-likeness (QED) is 0.0261. The minimum atomic E-state index is -0.781. The average Bonchev–Trinajstić information content (AvgIpc) is 3.43. The van der Waals surface area contributed by atoms with Gasteiger partial charge in [0.15, 0.2) is 6.10 Å². The van der Waals surface area contributed by atoms with E-state index in [1.807, 2.05) is 0 Å². The lowest BCUT2D eigenvalue weighted by Crippen LogP contribution is -2.30. The van der Waals surface area contributed by atoms with Gasteiger partial charge in [-0.3, -0.25) is 14.4 Å². The highest BCUT2D eigenvalue weighted by Gasteiger charge is 2.19. The minimum absolute atomic E-state index is 0.0759. The van der Waals surface area contributed by atoms with Gasteiger partial charge >= 0.3 is 17.9 Å². The van der Waals surface area contributed by atoms with E-state index in [1.54, 1.807) is 0 Å². The van der Waals surface area contributed by atoms with Gasteiger partial charge in [0.25, 0.3) is 0 Å². The summed E-state index contributed by atoms with van der Waals surface area (Å²) in [5, 5.41) is 0. The fourth-order valence-corrected chi connectivity index (χ4v) is 9.89. The SMILES string of the molecule is CCCCC/C=C\C/C=C\C/C=C\CCCCCCCCC(=O)OC(COC(=O)CCCCCCCCCCCCCCC/C=C\C/C=C\CCCCCCC)COC(=O)CCCCCCCCCCCCCCCCC. The normalized spacial score (nSPS) is 12.4. The van der Waals surface area contributed by atoms with Gasteiger partial charge in [-0.15, -0.1) is 0 Å². The van der Waals surface area contributed by atoms with Gasteiger partial charge < -0.3 is 14.2 Å². The smallest absolute Gasteiger partial charge is 0.306 e. The van der Waals surface area contributed by atoms with Crippen LogP contribution in [0, 0.1) is 0 Å². The average molecular weight is 1080 g/mol. The van der Waals surface area contributed by atoms with Crippen molar-refractivity contribution >= 4 is 17.9 Å². The Labute approximate surface area is 479 Å². The van der Waals surface area contributed by atoms with Crippen LogP contribution in [0.3, 0.4) is 0 Å². The highest BCUT2D eigenvalue weighted by atomic mass is 16.6. The number of hydrogen-bond acceptors (Lipinski definition) is 6. The molecular formula is C71H128O6. The Kier molecular flexibility index (Phi) is 63.2. The second-order valence-corrected chi connectivity index (χ2v) is 22.7. The number of rotatable bonds is 62. The Hall–Kier alpha value is -2.89. The molecule has 6 heteroatoms. The molecule has 0 heterocycles. The fraction of sp³-hybridized carbons (Fsp3) is 0.817. The molecule has 0 aliphatic rings. The number of esters is 3. The second-order valence-electron chi connectivity index (χ2n) is 22.7. The maximum atomic E-state index is 12.9. The first-order chi connectivity index (χ1) is 38.0. The first-order valence-electron chi connectivity index (χ1n) is 33.8. The van der Waals surface area contributed by atoms with Gasteiger partial charge in [-0.1, -0.05) is 306 Å². The van der Waals surface area contributed by atoms with Crippen molar-refractivity contribution in [3.8, 4) is 0 Å². The van der Waals surface area contributed by atoms with Gasteiger partial charge in [-0.2, -0.15) is 0 Å². The van der Waals surface area contributed by atoms with E-state index in [0.717, 1.165) is 83.5 Å². The van der Waals surface area contributed by atoms with E-state index in [9.17, 15) is 14.4 Å². The summed E-state index contributed by atoms with van der Waals surface area (Å²) < 4.78 is 17.0. The molecule has 1 unspecified atom stereocenters. The molecule has 0 rings (SSSR count). The minimum Gasteiger partial charge on any atom is -0.462 e. The number of allylic oxidation sites excluding steroid dienone is 10. The van der Waals surface area contributed by atoms with Crippen LogP contribution in [0.15, 0.2) is 60.8 Å². The first-order valence-corrected chi connectivity index (χ1v) is 33.8. The van der Waals surface area contributed by atoms with Crippen molar-refractivity contribution in [2.24, 2.45) is 0 Å². The molecule has 0 radical (unpaired) electrons. The van der Waals surface area contributed by atoms with Gasteiger partial charge in [0.05, 0.1) is 0 Å². The van der Waals surface area contributed by atoms with Gasteiger partial charge in [0.1, 0.15) is 13.2 Å². The molecule has 0 aromatic heterocycles. The standard InChI is InChI=1S/C71H128O6/c1-4-7-10-13-16-19-22-25-28-30-32-33-34-35-36-37-39-40-43-46-49-52-55-58-61-64-70(73)76-67-68(66-75-69(72)63-60-57-54-51-48-45-42-27-24-21-18-15-12-9-6-3)77-71(74)65-62-59-56-53-50-47-44-41-38-31-29-26-23-20-17-14-11-8-5-2/h17,20,22,25-26,29-30,32,38,41,68H,4-16,18-19,21,23-24,27-28,31,33-37,39-40,42-67H2,1-3H3/b20-17-,25-22-,29-26-,32-30-,41-38-. The van der Waals surface area contributed by atoms with E-state index in [-0.39, 0.29) is 31.1 Å². The number of ether oxygens (including phenoxy) is 3. The summed E-state index contributed by atoms with van der Waals surface area (Å²) in [5.74, 6) is -0.868. The van der Waals surface area contributed by atoms with Crippen LogP contribution < -0.4 is 0 Å². The van der Waals surface area contributed by atoms with Crippen LogP contribution in [0.25, 0.3) is 0 Å². The number of unbranched alkanes of at least 4 members (excludes halogenated alkanes) is 41. The van der Waals surface area contributed by atoms with E-state index in [2.05, 4.69) is 81.5 Å². The van der Waals surface area contributed by atoms with Crippen LogP contribution in [0.5, 0.6) is 0 Å². The fourth-order valence-electron chi connectivity index (χ4n) is 9.89. The highest BCUT2D eigenvalue weighted by molar-refractivity contribution is 5.71. The van der Waals surface area contributed by atoms with Crippen molar-refractivity contribution in [2.75, 3.05) is 13.2 Å². The molecular weight excluding hydrogens is 949 g/mol. The molecule has 0 N–H and O–H groups in total. The van der Waals surface area contributed by atoms with Crippen molar-refractivity contribution in [3.63, 3.8) is 0 Å². The molecule has 0 aromatic rings. The molecule has 0 bridgehead atoms. The molecule has 448 valence electrons. The van der Waals surface area contributed by atoms with E-state index in [1.165, 1.54) is 231 Å². The number of hydrogen-bond donors (Lipinski definition) is 0. The Morgan fingerprint density at radius 2 is 0.468 bits per heavy atom. The van der Waals surface area contributed by atoms with Crippen molar-refractivity contribution in [3.05, 3.63) is 60.8 Å². The zero-order chi connectivity index (χ0) is 55.7. The topological polar surface area (TPSA) is 78.9 Å². The summed E-state index contributed by atoms with van der Waals surface area (Å²) in [4.78, 5) is 38.4. The second kappa shape index (κ2) is 65.6. The predicted octanol–water partition coefficient (Wildman–Crippen LogP) is 23.1. The summed E-state index contributed by atoms with van der Waals surface area (Å²) >= 11 is 0. The molecule has 6 nitrogen and oxygen atoms in total. The Balaban J connectivity index is 4.31. The molecule has 0 aromatic carbocycles. The number of carbonyl (C=O) groups is 3. The molecule has 0 saturated carbocycles. The lowest BCUT2D eigenvalue weighted by Gasteiger charge is -2.18. The molecule has 0 amide bonds. The van der Waals surface area contributed by atoms with E-state index in [4.69, 9.17) is 14.2 Å². The third-order valence-corrected chi connectivity index (χ3v) is 15.0. The lowest BCUT2D eigenvalue weighted by atomic mass is 10.0. The van der Waals surface area contributed by atoms with Crippen molar-refractivity contribution in [1.82, 2.24) is 0 Å². The van der Waals surface area contributed by atoms with Crippen LogP contribution in [0.2, 0.25) is 0 Å². The summed E-state index contributed by atoms with van der Waals surface area (Å²) in [6.07, 6.45) is 83.7. The lowest BCUT2D eigenvalue weighted by molar-refractivity contribution is -0.167. The van der Waals surface area contributed by atoms with Crippen molar-refractivity contribution < 1.29 is 28.6 Å². The molecule has 0 spiro atoms. The Bertz CT molecular complexity index is 1380. The third-order valence-electron chi connectivity index (χ3n) is 15.0. The Morgan fingerprint density at radius 1 is 0.260 bits per heavy atom. The maximum Gasteiger partial charge on any atom is 0.306 e. The highest BCUT2D eigenvalue weighted by Crippen LogP contribution is 2.17. The van der Waals surface area contributed by atoms with Crippen molar-refractivity contribution in [2.45, 2.75) is 361 Å². The summed E-state index contributed by atoms with van der Waals surface area (Å²) in [5.41, 5.74) is 0. The molecule has 77 heavy (non-hydrogen) atoms. The zero-order valence-corrected chi connectivity index (χ0v) is 51.5. The summed E-state index contributed by atoms with van der Waals surface area (Å²) in [6, 6.07) is 0. The zero-order valence-electron chi connectivity index (χ0n) is 51.5. The number of carbonyl (C=O) groups excluding carboxylic acids is 3. The van der Waals surface area contributed by atoms with Crippen LogP contribution in [-0.2, 0) is 28.6 Å². The van der Waals surface area contributed by atoms with Gasteiger partial charge in [0, 0.05) is 19.3 Å². The molecule has 0 fully saturated rings. The molecule has 0 aliphatic heterocycles. The van der Waals surface area contributed by atoms with Gasteiger partial charge in [-0.05, 0) is 89.9 Å². The third kappa shape index (κ3) is 63.8. The van der Waals surface area contributed by atoms with E-state index in [0.29, 0.717) is 19.3 Å². The van der Waals surface area contributed by atoms with Gasteiger partial charge in [0.2, 0.25) is 0 Å². The van der Waals surface area contributed by atoms with E-state index < -0.39 is 6.10 Å². The van der Waals surface area contributed by atoms with Crippen LogP contribution in [-0.4, -0.2) is 37.2 Å². The summed E-state index contributed by atoms with van der Waals surface area (Å²) in [6.45, 7) is 6.65. The Morgan fingerprint density at radius 3 is 0.753 bits per heavy atom. The molecule has 0 saturated heterocycles. The molecule has 0 aliphatic carbocycles. The van der Waals surface area contributed by atoms with Crippen LogP contribution in [0.4, 0.5) is 0 Å². The largest absolute Gasteiger partial charge is 0.462 e. The summed E-state index contributed by atoms with van der Waals surface area (Å²) in [7, 11) is 0. The monoisotopic (exact) mass is 1080 g/mol.